The van der Waals surface area contributed by atoms with Crippen molar-refractivity contribution in [2.45, 2.75) is 29.0 Å². The molecule has 12 heteroatoms. The third kappa shape index (κ3) is 4.71. The molecule has 6 rings (SSSR count). The Labute approximate surface area is 238 Å². The van der Waals surface area contributed by atoms with Crippen LogP contribution in [0.2, 0.25) is 5.02 Å². The van der Waals surface area contributed by atoms with Gasteiger partial charge in [0.25, 0.3) is 0 Å². The van der Waals surface area contributed by atoms with Gasteiger partial charge < -0.3 is 9.72 Å². The highest BCUT2D eigenvalue weighted by Gasteiger charge is 2.57. The monoisotopic (exact) mass is 602 g/mol. The lowest BCUT2D eigenvalue weighted by molar-refractivity contribution is -0.137. The fourth-order valence-electron chi connectivity index (χ4n) is 5.04. The Kier molecular flexibility index (Phi) is 6.76. The van der Waals surface area contributed by atoms with Gasteiger partial charge in [-0.3, -0.25) is 14.4 Å². The lowest BCUT2D eigenvalue weighted by atomic mass is 9.82. The first kappa shape index (κ1) is 26.7. The van der Waals surface area contributed by atoms with Gasteiger partial charge in [0.2, 0.25) is 11.8 Å². The zero-order valence-electron chi connectivity index (χ0n) is 20.3. The highest BCUT2D eigenvalue weighted by atomic mass is 35.5. The number of rotatable bonds is 5. The van der Waals surface area contributed by atoms with E-state index < -0.39 is 40.6 Å². The molecule has 40 heavy (non-hydrogen) atoms. The molecule has 3 heterocycles. The summed E-state index contributed by atoms with van der Waals surface area (Å²) >= 11 is 7.97. The number of aromatic amines is 1. The van der Waals surface area contributed by atoms with Crippen molar-refractivity contribution in [1.82, 2.24) is 4.98 Å². The molecule has 0 spiro atoms. The smallest absolute Gasteiger partial charge is 0.416 e. The van der Waals surface area contributed by atoms with Crippen LogP contribution in [0.15, 0.2) is 82.6 Å². The van der Waals surface area contributed by atoms with Gasteiger partial charge in [0.05, 0.1) is 22.2 Å². The van der Waals surface area contributed by atoms with Crippen molar-refractivity contribution < 1.29 is 27.5 Å². The number of fused-ring (bicyclic) bond motifs is 2. The molecule has 2 unspecified atom stereocenters. The highest BCUT2D eigenvalue weighted by Crippen LogP contribution is 2.54. The number of thioether (sulfide) groups is 1. The number of nitrogens with zero attached hydrogens (tertiary/aromatic N) is 1. The Bertz CT molecular complexity index is 1690. The number of benzene rings is 3. The molecule has 0 aliphatic carbocycles. The largest absolute Gasteiger partial charge is 0.489 e. The number of nitrogens with one attached hydrogen (secondary N) is 1. The third-order valence-corrected chi connectivity index (χ3v) is 9.47. The molecule has 0 bridgehead atoms. The summed E-state index contributed by atoms with van der Waals surface area (Å²) in [6.07, 6.45) is -4.64. The second kappa shape index (κ2) is 10.1. The van der Waals surface area contributed by atoms with E-state index in [1.807, 2.05) is 12.1 Å². The van der Waals surface area contributed by atoms with E-state index in [1.54, 1.807) is 36.4 Å². The summed E-state index contributed by atoms with van der Waals surface area (Å²) in [6, 6.07) is 18.3. The topological polar surface area (TPSA) is 79.5 Å². The van der Waals surface area contributed by atoms with Crippen molar-refractivity contribution in [2.24, 2.45) is 5.92 Å². The molecule has 1 N–H and O–H groups in total. The fourth-order valence-corrected chi connectivity index (χ4v) is 7.67. The first-order valence-corrected chi connectivity index (χ1v) is 14.1. The predicted molar refractivity (Wildman–Crippen MR) is 146 cm³/mol. The van der Waals surface area contributed by atoms with Crippen LogP contribution >= 0.6 is 34.7 Å². The molecule has 0 radical (unpaired) electrons. The minimum Gasteiger partial charge on any atom is -0.489 e. The quantitative estimate of drug-likeness (QED) is 0.264. The van der Waals surface area contributed by atoms with Gasteiger partial charge in [-0.15, -0.1) is 0 Å². The van der Waals surface area contributed by atoms with Gasteiger partial charge in [0.15, 0.2) is 0 Å². The molecule has 2 aliphatic rings. The molecular weight excluding hydrogens is 585 g/mol. The van der Waals surface area contributed by atoms with Crippen LogP contribution in [0.5, 0.6) is 5.75 Å². The van der Waals surface area contributed by atoms with E-state index in [1.165, 1.54) is 12.1 Å². The maximum atomic E-state index is 13.9. The summed E-state index contributed by atoms with van der Waals surface area (Å²) < 4.78 is 46.4. The maximum Gasteiger partial charge on any atom is 0.416 e. The van der Waals surface area contributed by atoms with Crippen molar-refractivity contribution >= 4 is 52.2 Å². The number of carbonyl (C=O) groups is 2. The number of anilines is 1. The summed E-state index contributed by atoms with van der Waals surface area (Å²) in [7, 11) is 0. The molecule has 4 aromatic rings. The van der Waals surface area contributed by atoms with Gasteiger partial charge in [0, 0.05) is 21.4 Å². The van der Waals surface area contributed by atoms with E-state index in [4.69, 9.17) is 16.3 Å². The molecule has 1 fully saturated rings. The predicted octanol–water partition coefficient (Wildman–Crippen LogP) is 6.48. The highest BCUT2D eigenvalue weighted by molar-refractivity contribution is 8.00. The van der Waals surface area contributed by atoms with Crippen molar-refractivity contribution in [3.63, 3.8) is 0 Å². The number of thiazole rings is 1. The lowest BCUT2D eigenvalue weighted by Gasteiger charge is -2.30. The Morgan fingerprint density at radius 3 is 2.45 bits per heavy atom. The van der Waals surface area contributed by atoms with Gasteiger partial charge in [-0.1, -0.05) is 71.1 Å². The van der Waals surface area contributed by atoms with E-state index in [0.717, 1.165) is 45.7 Å². The minimum atomic E-state index is -4.64. The van der Waals surface area contributed by atoms with Crippen LogP contribution in [0, 0.1) is 5.92 Å². The van der Waals surface area contributed by atoms with E-state index >= 15 is 0 Å². The molecule has 1 saturated heterocycles. The third-order valence-electron chi connectivity index (χ3n) is 6.82. The average molecular weight is 603 g/mol. The van der Waals surface area contributed by atoms with Crippen LogP contribution in [0.4, 0.5) is 18.9 Å². The normalized spacial score (nSPS) is 20.4. The number of ether oxygens (including phenoxy) is 1. The van der Waals surface area contributed by atoms with Crippen molar-refractivity contribution in [1.29, 1.82) is 0 Å². The lowest BCUT2D eigenvalue weighted by Crippen LogP contribution is -2.32. The summed E-state index contributed by atoms with van der Waals surface area (Å²) in [5.41, 5.74) is 0.332. The number of carbonyl (C=O) groups excluding carboxylic acids is 2. The summed E-state index contributed by atoms with van der Waals surface area (Å²) in [6.45, 7) is 0.198. The second-order valence-corrected chi connectivity index (χ2v) is 11.9. The van der Waals surface area contributed by atoms with E-state index in [0.29, 0.717) is 26.2 Å². The van der Waals surface area contributed by atoms with E-state index in [9.17, 15) is 27.6 Å². The number of hydrogen-bond acceptors (Lipinski definition) is 6. The molecule has 6 nitrogen and oxygen atoms in total. The van der Waals surface area contributed by atoms with Crippen LogP contribution < -0.4 is 14.5 Å². The zero-order valence-corrected chi connectivity index (χ0v) is 22.7. The van der Waals surface area contributed by atoms with Crippen molar-refractivity contribution in [2.75, 3.05) is 4.90 Å². The summed E-state index contributed by atoms with van der Waals surface area (Å²) in [5.74, 6) is -2.52. The van der Waals surface area contributed by atoms with Gasteiger partial charge in [-0.25, -0.2) is 4.90 Å². The standard InChI is InChI=1S/C28H18ClF3N2O4S2/c29-16-10-8-14(9-11-16)13-38-19-7-2-1-6-18(19)20-21-23(39-24-22(20)40-27(37)33-24)26(36)34(25(21)35)17-5-3-4-15(12-17)28(30,31)32/h1-12,20-21,23H,13H2,(H,33,37)/t20-,21?,23?/m1/s1. The van der Waals surface area contributed by atoms with E-state index in [2.05, 4.69) is 4.98 Å². The number of imide groups is 1. The van der Waals surface area contributed by atoms with Crippen LogP contribution in [-0.4, -0.2) is 22.0 Å². The first-order valence-electron chi connectivity index (χ1n) is 12.0. The number of H-pyrrole nitrogens is 1. The maximum absolute atomic E-state index is 13.9. The molecular formula is C28H18ClF3N2O4S2. The number of hydrogen-bond donors (Lipinski definition) is 1. The van der Waals surface area contributed by atoms with Crippen LogP contribution in [0.1, 0.15) is 27.5 Å². The average Bonchev–Trinajstić information content (AvgIpc) is 3.42. The van der Waals surface area contributed by atoms with Crippen LogP contribution in [-0.2, 0) is 22.4 Å². The Morgan fingerprint density at radius 1 is 0.950 bits per heavy atom. The minimum absolute atomic E-state index is 0.150. The Hall–Kier alpha value is -3.54. The van der Waals surface area contributed by atoms with Crippen LogP contribution in [0.3, 0.4) is 0 Å². The molecule has 2 amide bonds. The zero-order chi connectivity index (χ0) is 28.2. The number of halogens is 4. The van der Waals surface area contributed by atoms with Gasteiger partial charge >= 0.3 is 11.0 Å². The Morgan fingerprint density at radius 2 is 1.70 bits per heavy atom. The number of para-hydroxylation sites is 1. The van der Waals surface area contributed by atoms with Gasteiger partial charge in [-0.05, 0) is 42.0 Å². The molecule has 3 atom stereocenters. The molecule has 2 aliphatic heterocycles. The second-order valence-electron chi connectivity index (χ2n) is 9.26. The van der Waals surface area contributed by atoms with E-state index in [-0.39, 0.29) is 17.2 Å². The molecule has 1 aromatic heterocycles. The molecule has 3 aromatic carbocycles. The van der Waals surface area contributed by atoms with Gasteiger partial charge in [-0.2, -0.15) is 13.2 Å². The van der Waals surface area contributed by atoms with Crippen LogP contribution in [0.25, 0.3) is 0 Å². The summed E-state index contributed by atoms with van der Waals surface area (Å²) in [5, 5.41) is 0.0921. The van der Waals surface area contributed by atoms with Crippen molar-refractivity contribution in [3.05, 3.63) is 109 Å². The number of alkyl halides is 3. The molecule has 204 valence electrons. The number of amides is 2. The number of aromatic nitrogens is 1. The Balaban J connectivity index is 1.41. The van der Waals surface area contributed by atoms with Gasteiger partial charge in [0.1, 0.15) is 17.6 Å². The molecule has 0 saturated carbocycles. The fraction of sp³-hybridized carbons (Fsp3) is 0.179. The first-order chi connectivity index (χ1) is 19.1. The SMILES string of the molecule is O=C1C2Sc3[nH]c(=O)sc3[C@H](c3ccccc3OCc3ccc(Cl)cc3)C2C(=O)N1c1cccc(C(F)(F)F)c1. The summed E-state index contributed by atoms with van der Waals surface area (Å²) in [4.78, 5) is 43.7. The van der Waals surface area contributed by atoms with Crippen molar-refractivity contribution in [3.8, 4) is 5.75 Å².